The Kier molecular flexibility index (Phi) is 4.82. The number of nitrogens with zero attached hydrogens (tertiary/aromatic N) is 1. The van der Waals surface area contributed by atoms with E-state index in [-0.39, 0.29) is 6.54 Å². The molecular weight excluding hydrogens is 210 g/mol. The molecule has 5 nitrogen and oxygen atoms in total. The molecule has 0 radical (unpaired) electrons. The SMILES string of the molecule is CCCCOC(=O)N1CC=CC(C(=O)O)C1. The van der Waals surface area contributed by atoms with Crippen LogP contribution in [0.5, 0.6) is 0 Å². The minimum atomic E-state index is -0.915. The Labute approximate surface area is 94.7 Å². The van der Waals surface area contributed by atoms with Gasteiger partial charge in [0, 0.05) is 13.1 Å². The largest absolute Gasteiger partial charge is 0.481 e. The second-order valence-corrected chi connectivity index (χ2v) is 3.75. The van der Waals surface area contributed by atoms with E-state index in [1.54, 1.807) is 12.2 Å². The second-order valence-electron chi connectivity index (χ2n) is 3.75. The lowest BCUT2D eigenvalue weighted by molar-refractivity contribution is -0.140. The second kappa shape index (κ2) is 6.15. The third-order valence-electron chi connectivity index (χ3n) is 2.41. The molecule has 0 bridgehead atoms. The molecule has 1 aliphatic rings. The Morgan fingerprint density at radius 1 is 1.56 bits per heavy atom. The lowest BCUT2D eigenvalue weighted by Gasteiger charge is -2.26. The molecule has 1 aliphatic heterocycles. The first kappa shape index (κ1) is 12.5. The zero-order valence-corrected chi connectivity index (χ0v) is 9.39. The van der Waals surface area contributed by atoms with Crippen LogP contribution in [0.3, 0.4) is 0 Å². The van der Waals surface area contributed by atoms with Crippen LogP contribution in [0.4, 0.5) is 4.79 Å². The molecule has 16 heavy (non-hydrogen) atoms. The Balaban J connectivity index is 2.40. The fourth-order valence-corrected chi connectivity index (χ4v) is 1.43. The summed E-state index contributed by atoms with van der Waals surface area (Å²) in [6, 6.07) is 0. The van der Waals surface area contributed by atoms with E-state index >= 15 is 0 Å². The highest BCUT2D eigenvalue weighted by molar-refractivity contribution is 5.75. The highest BCUT2D eigenvalue weighted by Gasteiger charge is 2.25. The highest BCUT2D eigenvalue weighted by atomic mass is 16.6. The molecular formula is C11H17NO4. The van der Waals surface area contributed by atoms with Crippen LogP contribution in [0, 0.1) is 5.92 Å². The molecule has 1 rings (SSSR count). The fourth-order valence-electron chi connectivity index (χ4n) is 1.43. The zero-order valence-electron chi connectivity index (χ0n) is 9.39. The minimum Gasteiger partial charge on any atom is -0.481 e. The third kappa shape index (κ3) is 3.56. The normalized spacial score (nSPS) is 19.6. The number of rotatable bonds is 4. The van der Waals surface area contributed by atoms with Gasteiger partial charge in [-0.05, 0) is 6.42 Å². The predicted molar refractivity (Wildman–Crippen MR) is 58.1 cm³/mol. The number of ether oxygens (including phenoxy) is 1. The van der Waals surface area contributed by atoms with Crippen molar-refractivity contribution >= 4 is 12.1 Å². The number of carboxylic acids is 1. The summed E-state index contributed by atoms with van der Waals surface area (Å²) in [5.41, 5.74) is 0. The van der Waals surface area contributed by atoms with Crippen LogP contribution in [0.2, 0.25) is 0 Å². The van der Waals surface area contributed by atoms with Gasteiger partial charge in [0.15, 0.2) is 0 Å². The fraction of sp³-hybridized carbons (Fsp3) is 0.636. The van der Waals surface area contributed by atoms with Gasteiger partial charge in [0.05, 0.1) is 12.5 Å². The van der Waals surface area contributed by atoms with Crippen molar-refractivity contribution in [2.24, 2.45) is 5.92 Å². The molecule has 0 aromatic rings. The first-order valence-electron chi connectivity index (χ1n) is 5.46. The number of carboxylic acid groups (broad SMARTS) is 1. The van der Waals surface area contributed by atoms with Crippen molar-refractivity contribution < 1.29 is 19.4 Å². The molecule has 0 spiro atoms. The summed E-state index contributed by atoms with van der Waals surface area (Å²) >= 11 is 0. The van der Waals surface area contributed by atoms with Gasteiger partial charge < -0.3 is 14.7 Å². The van der Waals surface area contributed by atoms with Gasteiger partial charge in [-0.2, -0.15) is 0 Å². The summed E-state index contributed by atoms with van der Waals surface area (Å²) in [6.07, 6.45) is 4.66. The molecule has 1 N–H and O–H groups in total. The van der Waals surface area contributed by atoms with Crippen molar-refractivity contribution in [2.45, 2.75) is 19.8 Å². The number of hydrogen-bond donors (Lipinski definition) is 1. The molecule has 1 amide bonds. The van der Waals surface area contributed by atoms with E-state index in [2.05, 4.69) is 0 Å². The average molecular weight is 227 g/mol. The smallest absolute Gasteiger partial charge is 0.410 e. The molecule has 0 aromatic carbocycles. The van der Waals surface area contributed by atoms with Crippen molar-refractivity contribution in [1.29, 1.82) is 0 Å². The molecule has 0 aliphatic carbocycles. The van der Waals surface area contributed by atoms with Gasteiger partial charge in [0.25, 0.3) is 0 Å². The number of hydrogen-bond acceptors (Lipinski definition) is 3. The number of amides is 1. The quantitative estimate of drug-likeness (QED) is 0.583. The molecule has 0 saturated heterocycles. The van der Waals surface area contributed by atoms with Crippen LogP contribution in [0.1, 0.15) is 19.8 Å². The number of carbonyl (C=O) groups excluding carboxylic acids is 1. The maximum Gasteiger partial charge on any atom is 0.410 e. The molecule has 1 heterocycles. The summed E-state index contributed by atoms with van der Waals surface area (Å²) in [5, 5.41) is 8.82. The summed E-state index contributed by atoms with van der Waals surface area (Å²) in [4.78, 5) is 23.7. The highest BCUT2D eigenvalue weighted by Crippen LogP contribution is 2.11. The Bertz CT molecular complexity index is 288. The van der Waals surface area contributed by atoms with Gasteiger partial charge in [0.1, 0.15) is 0 Å². The maximum atomic E-state index is 11.5. The lowest BCUT2D eigenvalue weighted by atomic mass is 10.1. The van der Waals surface area contributed by atoms with Crippen LogP contribution in [-0.4, -0.2) is 41.8 Å². The zero-order chi connectivity index (χ0) is 12.0. The molecule has 90 valence electrons. The summed E-state index contributed by atoms with van der Waals surface area (Å²) in [6.45, 7) is 3.02. The van der Waals surface area contributed by atoms with Gasteiger partial charge in [-0.1, -0.05) is 25.5 Å². The maximum absolute atomic E-state index is 11.5. The van der Waals surface area contributed by atoms with Gasteiger partial charge >= 0.3 is 12.1 Å². The van der Waals surface area contributed by atoms with Crippen LogP contribution < -0.4 is 0 Å². The molecule has 1 atom stereocenters. The van der Waals surface area contributed by atoms with Crippen molar-refractivity contribution in [2.75, 3.05) is 19.7 Å². The Hall–Kier alpha value is -1.52. The van der Waals surface area contributed by atoms with Crippen LogP contribution in [-0.2, 0) is 9.53 Å². The molecule has 1 unspecified atom stereocenters. The van der Waals surface area contributed by atoms with Gasteiger partial charge in [-0.3, -0.25) is 4.79 Å². The van der Waals surface area contributed by atoms with Gasteiger partial charge in [0.2, 0.25) is 0 Å². The Morgan fingerprint density at radius 2 is 2.31 bits per heavy atom. The first-order valence-corrected chi connectivity index (χ1v) is 5.46. The minimum absolute atomic E-state index is 0.191. The van der Waals surface area contributed by atoms with E-state index in [1.165, 1.54) is 4.90 Å². The van der Waals surface area contributed by atoms with Crippen molar-refractivity contribution in [3.8, 4) is 0 Å². The van der Waals surface area contributed by atoms with Crippen LogP contribution >= 0.6 is 0 Å². The van der Waals surface area contributed by atoms with E-state index in [0.717, 1.165) is 12.8 Å². The number of carbonyl (C=O) groups is 2. The Morgan fingerprint density at radius 3 is 2.94 bits per heavy atom. The molecule has 0 saturated carbocycles. The lowest BCUT2D eigenvalue weighted by Crippen LogP contribution is -2.40. The first-order chi connectivity index (χ1) is 7.65. The molecule has 5 heteroatoms. The topological polar surface area (TPSA) is 66.8 Å². The van der Waals surface area contributed by atoms with Crippen molar-refractivity contribution in [3.05, 3.63) is 12.2 Å². The average Bonchev–Trinajstić information content (AvgIpc) is 2.29. The standard InChI is InChI=1S/C11H17NO4/c1-2-3-7-16-11(15)12-6-4-5-9(8-12)10(13)14/h4-5,9H,2-3,6-8H2,1H3,(H,13,14). The monoisotopic (exact) mass is 227 g/mol. The van der Waals surface area contributed by atoms with E-state index < -0.39 is 18.0 Å². The van der Waals surface area contributed by atoms with E-state index in [4.69, 9.17) is 9.84 Å². The summed E-state index contributed by atoms with van der Waals surface area (Å²) in [5.74, 6) is -1.53. The van der Waals surface area contributed by atoms with Gasteiger partial charge in [-0.25, -0.2) is 4.79 Å². The number of unbranched alkanes of at least 4 members (excludes halogenated alkanes) is 1. The van der Waals surface area contributed by atoms with E-state index in [9.17, 15) is 9.59 Å². The summed E-state index contributed by atoms with van der Waals surface area (Å²) in [7, 11) is 0. The van der Waals surface area contributed by atoms with E-state index in [0.29, 0.717) is 13.2 Å². The predicted octanol–water partition coefficient (Wildman–Crippen LogP) is 1.50. The molecule has 0 fully saturated rings. The summed E-state index contributed by atoms with van der Waals surface area (Å²) < 4.78 is 5.01. The number of aliphatic carboxylic acids is 1. The van der Waals surface area contributed by atoms with Gasteiger partial charge in [-0.15, -0.1) is 0 Å². The van der Waals surface area contributed by atoms with E-state index in [1.807, 2.05) is 6.92 Å². The van der Waals surface area contributed by atoms with Crippen LogP contribution in [0.15, 0.2) is 12.2 Å². The van der Waals surface area contributed by atoms with Crippen LogP contribution in [0.25, 0.3) is 0 Å². The molecule has 0 aromatic heterocycles. The third-order valence-corrected chi connectivity index (χ3v) is 2.41. The van der Waals surface area contributed by atoms with Crippen molar-refractivity contribution in [1.82, 2.24) is 4.90 Å². The van der Waals surface area contributed by atoms with Crippen molar-refractivity contribution in [3.63, 3.8) is 0 Å².